The molecule has 4 rings (SSSR count). The number of halogens is 2. The molecule has 1 unspecified atom stereocenters. The molecule has 2 aliphatic rings. The molecule has 0 radical (unpaired) electrons. The third-order valence-corrected chi connectivity index (χ3v) is 9.18. The number of hydrogen-bond donors (Lipinski definition) is 0. The van der Waals surface area contributed by atoms with Gasteiger partial charge >= 0.3 is 0 Å². The first-order valence-electron chi connectivity index (χ1n) is 16.2. The maximum atomic E-state index is 14.0. The van der Waals surface area contributed by atoms with Crippen LogP contribution in [0.25, 0.3) is 0 Å². The molecule has 0 N–H and O–H groups in total. The van der Waals surface area contributed by atoms with Crippen LogP contribution in [0.5, 0.6) is 0 Å². The molecule has 0 spiro atoms. The molecule has 1 aromatic carbocycles. The fraction of sp³-hybridized carbons (Fsp3) is 0.559. The van der Waals surface area contributed by atoms with Gasteiger partial charge in [-0.3, -0.25) is 24.2 Å². The number of amides is 3. The van der Waals surface area contributed by atoms with Gasteiger partial charge < -0.3 is 19.6 Å². The number of likely N-dealkylation sites (tertiary alicyclic amines) is 1. The third-order valence-electron chi connectivity index (χ3n) is 8.59. The summed E-state index contributed by atoms with van der Waals surface area (Å²) in [5.41, 5.74) is 1.64. The van der Waals surface area contributed by atoms with E-state index in [1.165, 1.54) is 29.1 Å². The van der Waals surface area contributed by atoms with Crippen molar-refractivity contribution in [3.05, 3.63) is 63.9 Å². The number of Topliss-reactive ketones (excluding diaryl/α,β-unsaturated/α-hetero) is 1. The number of pyridine rings is 1. The lowest BCUT2D eigenvalue weighted by molar-refractivity contribution is -0.158. The summed E-state index contributed by atoms with van der Waals surface area (Å²) in [6, 6.07) is 9.89. The molecule has 0 saturated carbocycles. The van der Waals surface area contributed by atoms with Crippen molar-refractivity contribution in [3.8, 4) is 0 Å². The molecule has 3 amide bonds. The van der Waals surface area contributed by atoms with Gasteiger partial charge in [0.2, 0.25) is 17.7 Å². The van der Waals surface area contributed by atoms with E-state index < -0.39 is 6.04 Å². The second kappa shape index (κ2) is 17.6. The zero-order valence-corrected chi connectivity index (χ0v) is 27.8. The van der Waals surface area contributed by atoms with E-state index in [0.29, 0.717) is 48.8 Å². The Morgan fingerprint density at radius 3 is 2.51 bits per heavy atom. The number of piperidine rings is 1. The SMILES string of the molecule is CCCC(=O)CN(CCc1ccccn1)C(=O)CC1C(=O)N(CCc2ccc(Cl)cc2Cl)CC(=O)N1CCCN1CCCCC1. The maximum absolute atomic E-state index is 14.0. The number of ketones is 1. The van der Waals surface area contributed by atoms with Crippen molar-refractivity contribution >= 4 is 46.7 Å². The minimum atomic E-state index is -0.931. The molecule has 11 heteroatoms. The van der Waals surface area contributed by atoms with Crippen molar-refractivity contribution in [1.82, 2.24) is 24.6 Å². The van der Waals surface area contributed by atoms with Crippen LogP contribution in [-0.2, 0) is 32.0 Å². The Hall–Kier alpha value is -3.01. The summed E-state index contributed by atoms with van der Waals surface area (Å²) >= 11 is 12.4. The van der Waals surface area contributed by atoms with Gasteiger partial charge in [-0.25, -0.2) is 0 Å². The number of rotatable bonds is 16. The van der Waals surface area contributed by atoms with Gasteiger partial charge in [-0.15, -0.1) is 0 Å². The molecule has 1 atom stereocenters. The minimum Gasteiger partial charge on any atom is -0.335 e. The van der Waals surface area contributed by atoms with E-state index in [4.69, 9.17) is 23.2 Å². The molecule has 0 bridgehead atoms. The monoisotopic (exact) mass is 657 g/mol. The van der Waals surface area contributed by atoms with E-state index in [2.05, 4.69) is 9.88 Å². The first kappa shape index (κ1) is 34.9. The van der Waals surface area contributed by atoms with Gasteiger partial charge in [0, 0.05) is 54.4 Å². The van der Waals surface area contributed by atoms with Crippen molar-refractivity contribution < 1.29 is 19.2 Å². The Morgan fingerprint density at radius 1 is 1.00 bits per heavy atom. The lowest BCUT2D eigenvalue weighted by Crippen LogP contribution is -2.61. The lowest BCUT2D eigenvalue weighted by atomic mass is 10.0. The van der Waals surface area contributed by atoms with E-state index >= 15 is 0 Å². The molecule has 3 heterocycles. The normalized spacial score (nSPS) is 17.5. The first-order valence-corrected chi connectivity index (χ1v) is 16.9. The van der Waals surface area contributed by atoms with E-state index in [9.17, 15) is 19.2 Å². The zero-order chi connectivity index (χ0) is 32.2. The van der Waals surface area contributed by atoms with E-state index in [0.717, 1.165) is 37.3 Å². The van der Waals surface area contributed by atoms with Gasteiger partial charge in [0.15, 0.2) is 5.78 Å². The third kappa shape index (κ3) is 10.5. The highest BCUT2D eigenvalue weighted by molar-refractivity contribution is 6.35. The number of benzene rings is 1. The summed E-state index contributed by atoms with van der Waals surface area (Å²) in [4.78, 5) is 65.5. The number of piperazine rings is 1. The lowest BCUT2D eigenvalue weighted by Gasteiger charge is -2.41. The summed E-state index contributed by atoms with van der Waals surface area (Å²) in [7, 11) is 0. The fourth-order valence-electron chi connectivity index (χ4n) is 6.10. The molecule has 2 fully saturated rings. The van der Waals surface area contributed by atoms with Crippen molar-refractivity contribution in [2.45, 2.75) is 70.8 Å². The molecule has 244 valence electrons. The van der Waals surface area contributed by atoms with Gasteiger partial charge in [0.25, 0.3) is 0 Å². The van der Waals surface area contributed by atoms with Crippen LogP contribution in [0.2, 0.25) is 10.0 Å². The topological polar surface area (TPSA) is 94.1 Å². The molecule has 1 aromatic heterocycles. The summed E-state index contributed by atoms with van der Waals surface area (Å²) in [6.07, 6.45) is 7.84. The Kier molecular flexibility index (Phi) is 13.6. The smallest absolute Gasteiger partial charge is 0.246 e. The molecular weight excluding hydrogens is 613 g/mol. The van der Waals surface area contributed by atoms with Crippen LogP contribution in [0, 0.1) is 0 Å². The summed E-state index contributed by atoms with van der Waals surface area (Å²) in [6.45, 7) is 5.79. The van der Waals surface area contributed by atoms with E-state index in [1.54, 1.807) is 23.2 Å². The Bertz CT molecular complexity index is 1300. The van der Waals surface area contributed by atoms with E-state index in [1.807, 2.05) is 31.2 Å². The van der Waals surface area contributed by atoms with Crippen molar-refractivity contribution in [2.75, 3.05) is 52.4 Å². The Morgan fingerprint density at radius 2 is 1.80 bits per heavy atom. The fourth-order valence-corrected chi connectivity index (χ4v) is 6.60. The predicted molar refractivity (Wildman–Crippen MR) is 176 cm³/mol. The molecular formula is C34H45Cl2N5O4. The van der Waals surface area contributed by atoms with Crippen LogP contribution in [0.4, 0.5) is 0 Å². The number of hydrogen-bond acceptors (Lipinski definition) is 6. The highest BCUT2D eigenvalue weighted by Crippen LogP contribution is 2.23. The van der Waals surface area contributed by atoms with Crippen LogP contribution in [0.3, 0.4) is 0 Å². The van der Waals surface area contributed by atoms with Crippen LogP contribution >= 0.6 is 23.2 Å². The second-order valence-electron chi connectivity index (χ2n) is 12.0. The minimum absolute atomic E-state index is 0.0257. The highest BCUT2D eigenvalue weighted by Gasteiger charge is 2.41. The number of aromatic nitrogens is 1. The molecule has 2 aliphatic heterocycles. The summed E-state index contributed by atoms with van der Waals surface area (Å²) in [5.74, 6) is -0.770. The van der Waals surface area contributed by atoms with Crippen LogP contribution < -0.4 is 0 Å². The highest BCUT2D eigenvalue weighted by atomic mass is 35.5. The van der Waals surface area contributed by atoms with Crippen LogP contribution in [0.15, 0.2) is 42.6 Å². The van der Waals surface area contributed by atoms with Crippen molar-refractivity contribution in [2.24, 2.45) is 0 Å². The quantitative estimate of drug-likeness (QED) is 0.260. The van der Waals surface area contributed by atoms with Crippen molar-refractivity contribution in [3.63, 3.8) is 0 Å². The number of carbonyl (C=O) groups excluding carboxylic acids is 4. The van der Waals surface area contributed by atoms with Crippen molar-refractivity contribution in [1.29, 1.82) is 0 Å². The van der Waals surface area contributed by atoms with E-state index in [-0.39, 0.29) is 49.6 Å². The van der Waals surface area contributed by atoms with Crippen LogP contribution in [-0.4, -0.2) is 106 Å². The predicted octanol–water partition coefficient (Wildman–Crippen LogP) is 4.68. The first-order chi connectivity index (χ1) is 21.7. The average Bonchev–Trinajstić information content (AvgIpc) is 3.03. The standard InChI is InChI=1S/C34H45Cl2N5O4/c1-2-9-29(42)24-39(21-14-28-10-4-5-15-37-28)32(43)23-31-34(45)40(20-13-26-11-12-27(35)22-30(26)36)25-33(44)41(31)19-8-18-38-16-6-3-7-17-38/h4-5,10-12,15,22,31H,2-3,6-9,13-14,16-21,23-25H2,1H3. The van der Waals surface area contributed by atoms with Gasteiger partial charge in [-0.05, 0) is 81.6 Å². The van der Waals surface area contributed by atoms with Gasteiger partial charge in [-0.2, -0.15) is 0 Å². The maximum Gasteiger partial charge on any atom is 0.246 e. The molecule has 9 nitrogen and oxygen atoms in total. The molecule has 2 aromatic rings. The van der Waals surface area contributed by atoms with Gasteiger partial charge in [0.05, 0.1) is 19.5 Å². The molecule has 2 saturated heterocycles. The molecule has 0 aliphatic carbocycles. The zero-order valence-electron chi connectivity index (χ0n) is 26.3. The van der Waals surface area contributed by atoms with Gasteiger partial charge in [0.1, 0.15) is 6.04 Å². The largest absolute Gasteiger partial charge is 0.335 e. The van der Waals surface area contributed by atoms with Gasteiger partial charge in [-0.1, -0.05) is 48.7 Å². The second-order valence-corrected chi connectivity index (χ2v) is 12.8. The number of nitrogens with zero attached hydrogens (tertiary/aromatic N) is 5. The molecule has 45 heavy (non-hydrogen) atoms. The summed E-state index contributed by atoms with van der Waals surface area (Å²) < 4.78 is 0. The Balaban J connectivity index is 1.49. The summed E-state index contributed by atoms with van der Waals surface area (Å²) in [5, 5.41) is 1.03. The Labute approximate surface area is 276 Å². The van der Waals surface area contributed by atoms with Crippen LogP contribution in [0.1, 0.15) is 63.1 Å². The average molecular weight is 659 g/mol. The number of carbonyl (C=O) groups is 4.